The number of fused-ring (bicyclic) bond motifs is 3. The lowest BCUT2D eigenvalue weighted by Gasteiger charge is -2.34. The second kappa shape index (κ2) is 8.20. The summed E-state index contributed by atoms with van der Waals surface area (Å²) < 4.78 is 16.2. The number of amides is 1. The molecule has 2 aliphatic heterocycles. The second-order valence-electron chi connectivity index (χ2n) is 8.31. The molecular weight excluding hydrogens is 438 g/mol. The van der Waals surface area contributed by atoms with Crippen molar-refractivity contribution in [3.63, 3.8) is 0 Å². The molecular formula is C25H23N3O4S. The number of thiophene rings is 1. The summed E-state index contributed by atoms with van der Waals surface area (Å²) in [5.41, 5.74) is 2.10. The van der Waals surface area contributed by atoms with Gasteiger partial charge in [0, 0.05) is 43.5 Å². The fourth-order valence-electron chi connectivity index (χ4n) is 4.41. The topological polar surface area (TPSA) is 64.1 Å². The summed E-state index contributed by atoms with van der Waals surface area (Å²) in [6, 6.07) is 16.0. The van der Waals surface area contributed by atoms with E-state index in [1.807, 2.05) is 41.3 Å². The predicted octanol–water partition coefficient (Wildman–Crippen LogP) is 4.14. The molecule has 33 heavy (non-hydrogen) atoms. The molecule has 6 rings (SSSR count). The second-order valence-corrected chi connectivity index (χ2v) is 9.34. The maximum Gasteiger partial charge on any atom is 0.264 e. The van der Waals surface area contributed by atoms with Crippen LogP contribution < -0.4 is 14.2 Å². The first-order chi connectivity index (χ1) is 16.2. The Morgan fingerprint density at radius 1 is 1.00 bits per heavy atom. The smallest absolute Gasteiger partial charge is 0.264 e. The van der Waals surface area contributed by atoms with Gasteiger partial charge in [-0.25, -0.2) is 4.98 Å². The summed E-state index contributed by atoms with van der Waals surface area (Å²) in [5.74, 6) is 2.50. The SMILES string of the molecule is COc1ccc2nc3sc(C(=O)N4CCN(Cc5ccc6c(c5)OCO6)CC4)cc3cc2c1. The van der Waals surface area contributed by atoms with Crippen LogP contribution in [0.2, 0.25) is 0 Å². The number of nitrogens with zero attached hydrogens (tertiary/aromatic N) is 3. The van der Waals surface area contributed by atoms with Crippen LogP contribution in [0.5, 0.6) is 17.2 Å². The average Bonchev–Trinajstić information content (AvgIpc) is 3.48. The number of aromatic nitrogens is 1. The molecule has 0 saturated carbocycles. The molecule has 0 aliphatic carbocycles. The fraction of sp³-hybridized carbons (Fsp3) is 0.280. The summed E-state index contributed by atoms with van der Waals surface area (Å²) in [6.45, 7) is 4.23. The molecule has 0 spiro atoms. The van der Waals surface area contributed by atoms with Crippen molar-refractivity contribution in [1.29, 1.82) is 0 Å². The van der Waals surface area contributed by atoms with Crippen molar-refractivity contribution < 1.29 is 19.0 Å². The summed E-state index contributed by atoms with van der Waals surface area (Å²) >= 11 is 1.47. The molecule has 1 amide bonds. The van der Waals surface area contributed by atoms with E-state index in [1.165, 1.54) is 16.9 Å². The van der Waals surface area contributed by atoms with Gasteiger partial charge >= 0.3 is 0 Å². The molecule has 2 aromatic heterocycles. The van der Waals surface area contributed by atoms with Gasteiger partial charge in [-0.2, -0.15) is 0 Å². The van der Waals surface area contributed by atoms with Gasteiger partial charge in [0.2, 0.25) is 6.79 Å². The first kappa shape index (κ1) is 20.3. The Bertz CT molecular complexity index is 1360. The predicted molar refractivity (Wildman–Crippen MR) is 127 cm³/mol. The number of ether oxygens (including phenoxy) is 3. The Labute approximate surface area is 195 Å². The Kier molecular flexibility index (Phi) is 5.04. The fourth-order valence-corrected chi connectivity index (χ4v) is 5.40. The lowest BCUT2D eigenvalue weighted by molar-refractivity contribution is 0.0633. The first-order valence-electron chi connectivity index (χ1n) is 10.9. The molecule has 0 N–H and O–H groups in total. The first-order valence-corrected chi connectivity index (χ1v) is 11.8. The van der Waals surface area contributed by atoms with Crippen LogP contribution in [-0.4, -0.2) is 60.8 Å². The molecule has 1 saturated heterocycles. The van der Waals surface area contributed by atoms with Gasteiger partial charge in [-0.1, -0.05) is 6.07 Å². The Hall–Kier alpha value is -3.36. The van der Waals surface area contributed by atoms with Crippen molar-refractivity contribution in [1.82, 2.24) is 14.8 Å². The van der Waals surface area contributed by atoms with E-state index in [0.29, 0.717) is 13.1 Å². The van der Waals surface area contributed by atoms with Crippen molar-refractivity contribution in [2.45, 2.75) is 6.54 Å². The van der Waals surface area contributed by atoms with Crippen LogP contribution in [0.3, 0.4) is 0 Å². The van der Waals surface area contributed by atoms with Crippen molar-refractivity contribution in [3.8, 4) is 17.2 Å². The minimum atomic E-state index is 0.0855. The van der Waals surface area contributed by atoms with Gasteiger partial charge in [0.1, 0.15) is 10.6 Å². The molecule has 0 unspecified atom stereocenters. The molecule has 168 valence electrons. The third kappa shape index (κ3) is 3.85. The highest BCUT2D eigenvalue weighted by atomic mass is 32.1. The standard InChI is InChI=1S/C25H23N3O4S/c1-30-19-3-4-20-17(12-19)11-18-13-23(33-24(18)26-20)25(29)28-8-6-27(7-9-28)14-16-2-5-21-22(10-16)32-15-31-21/h2-5,10-13H,6-9,14-15H2,1H3. The minimum absolute atomic E-state index is 0.0855. The van der Waals surface area contributed by atoms with Crippen LogP contribution in [0.4, 0.5) is 0 Å². The van der Waals surface area contributed by atoms with Crippen LogP contribution >= 0.6 is 11.3 Å². The normalized spacial score (nSPS) is 16.0. The third-order valence-corrected chi connectivity index (χ3v) is 7.25. The Morgan fingerprint density at radius 3 is 2.70 bits per heavy atom. The Morgan fingerprint density at radius 2 is 1.85 bits per heavy atom. The molecule has 7 nitrogen and oxygen atoms in total. The zero-order chi connectivity index (χ0) is 22.4. The van der Waals surface area contributed by atoms with Gasteiger partial charge in [-0.15, -0.1) is 11.3 Å². The highest BCUT2D eigenvalue weighted by Gasteiger charge is 2.24. The molecule has 4 aromatic rings. The van der Waals surface area contributed by atoms with E-state index in [4.69, 9.17) is 19.2 Å². The van der Waals surface area contributed by atoms with Crippen molar-refractivity contribution in [2.24, 2.45) is 0 Å². The molecule has 4 heterocycles. The van der Waals surface area contributed by atoms with Crippen LogP contribution in [0.1, 0.15) is 15.2 Å². The molecule has 2 aliphatic rings. The molecule has 0 radical (unpaired) electrons. The Balaban J connectivity index is 1.14. The maximum absolute atomic E-state index is 13.2. The lowest BCUT2D eigenvalue weighted by Crippen LogP contribution is -2.48. The molecule has 0 atom stereocenters. The van der Waals surface area contributed by atoms with Gasteiger partial charge in [-0.05, 0) is 48.0 Å². The summed E-state index contributed by atoms with van der Waals surface area (Å²) in [5, 5.41) is 2.00. The highest BCUT2D eigenvalue weighted by Crippen LogP contribution is 2.33. The number of benzene rings is 2. The quantitative estimate of drug-likeness (QED) is 0.455. The monoisotopic (exact) mass is 461 g/mol. The van der Waals surface area contributed by atoms with Crippen LogP contribution in [0, 0.1) is 0 Å². The van der Waals surface area contributed by atoms with E-state index in [9.17, 15) is 4.79 Å². The van der Waals surface area contributed by atoms with E-state index >= 15 is 0 Å². The molecule has 0 bridgehead atoms. The summed E-state index contributed by atoms with van der Waals surface area (Å²) in [7, 11) is 1.66. The van der Waals surface area contributed by atoms with Gasteiger partial charge < -0.3 is 19.1 Å². The maximum atomic E-state index is 13.2. The number of piperazine rings is 1. The third-order valence-electron chi connectivity index (χ3n) is 6.22. The number of rotatable bonds is 4. The number of hydrogen-bond acceptors (Lipinski definition) is 7. The zero-order valence-corrected chi connectivity index (χ0v) is 19.1. The lowest BCUT2D eigenvalue weighted by atomic mass is 10.1. The number of hydrogen-bond donors (Lipinski definition) is 0. The molecule has 8 heteroatoms. The number of methoxy groups -OCH3 is 1. The van der Waals surface area contributed by atoms with Gasteiger partial charge in [0.05, 0.1) is 17.5 Å². The van der Waals surface area contributed by atoms with E-state index in [-0.39, 0.29) is 12.7 Å². The highest BCUT2D eigenvalue weighted by molar-refractivity contribution is 7.20. The minimum Gasteiger partial charge on any atom is -0.497 e. The number of pyridine rings is 1. The number of carbonyl (C=O) groups is 1. The van der Waals surface area contributed by atoms with Crippen molar-refractivity contribution in [2.75, 3.05) is 40.1 Å². The van der Waals surface area contributed by atoms with Crippen LogP contribution in [-0.2, 0) is 6.54 Å². The zero-order valence-electron chi connectivity index (χ0n) is 18.2. The van der Waals surface area contributed by atoms with Gasteiger partial charge in [0.25, 0.3) is 5.91 Å². The van der Waals surface area contributed by atoms with E-state index < -0.39 is 0 Å². The van der Waals surface area contributed by atoms with Crippen molar-refractivity contribution in [3.05, 3.63) is 59.0 Å². The summed E-state index contributed by atoms with van der Waals surface area (Å²) in [4.78, 5) is 23.9. The van der Waals surface area contributed by atoms with Gasteiger partial charge in [-0.3, -0.25) is 9.69 Å². The van der Waals surface area contributed by atoms with E-state index in [1.54, 1.807) is 7.11 Å². The summed E-state index contributed by atoms with van der Waals surface area (Å²) in [6.07, 6.45) is 0. The van der Waals surface area contributed by atoms with E-state index in [2.05, 4.69) is 17.0 Å². The van der Waals surface area contributed by atoms with Crippen LogP contribution in [0.15, 0.2) is 48.5 Å². The number of carbonyl (C=O) groups excluding carboxylic acids is 1. The molecule has 2 aromatic carbocycles. The van der Waals surface area contributed by atoms with Gasteiger partial charge in [0.15, 0.2) is 11.5 Å². The molecule has 1 fully saturated rings. The van der Waals surface area contributed by atoms with Crippen molar-refractivity contribution >= 4 is 38.4 Å². The van der Waals surface area contributed by atoms with E-state index in [0.717, 1.165) is 62.9 Å². The largest absolute Gasteiger partial charge is 0.497 e. The van der Waals surface area contributed by atoms with Crippen LogP contribution in [0.25, 0.3) is 21.1 Å². The average molecular weight is 462 g/mol.